The SMILES string of the molecule is Cc1cnc(Sc2nc(Cl)ncc2F)nc1. The molecule has 0 spiro atoms. The van der Waals surface area contributed by atoms with Crippen molar-refractivity contribution in [2.24, 2.45) is 0 Å². The van der Waals surface area contributed by atoms with E-state index >= 15 is 0 Å². The number of aromatic nitrogens is 4. The number of hydrogen-bond donors (Lipinski definition) is 0. The van der Waals surface area contributed by atoms with Crippen molar-refractivity contribution in [3.05, 3.63) is 35.3 Å². The van der Waals surface area contributed by atoms with Crippen LogP contribution in [-0.4, -0.2) is 19.9 Å². The molecular weight excluding hydrogens is 251 g/mol. The van der Waals surface area contributed by atoms with Crippen LogP contribution in [0.4, 0.5) is 4.39 Å². The zero-order chi connectivity index (χ0) is 11.5. The molecule has 7 heteroatoms. The molecule has 4 nitrogen and oxygen atoms in total. The summed E-state index contributed by atoms with van der Waals surface area (Å²) in [5.74, 6) is -0.543. The predicted octanol–water partition coefficient (Wildman–Crippen LogP) is 2.52. The van der Waals surface area contributed by atoms with Gasteiger partial charge in [0.05, 0.1) is 6.20 Å². The van der Waals surface area contributed by atoms with Gasteiger partial charge in [0, 0.05) is 12.4 Å². The first-order chi connectivity index (χ1) is 7.65. The normalized spacial score (nSPS) is 10.4. The molecule has 2 rings (SSSR count). The second-order valence-corrected chi connectivity index (χ2v) is 4.23. The average molecular weight is 257 g/mol. The van der Waals surface area contributed by atoms with Gasteiger partial charge in [-0.1, -0.05) is 0 Å². The van der Waals surface area contributed by atoms with Gasteiger partial charge in [-0.2, -0.15) is 0 Å². The molecule has 0 saturated heterocycles. The molecule has 16 heavy (non-hydrogen) atoms. The first-order valence-corrected chi connectivity index (χ1v) is 5.49. The van der Waals surface area contributed by atoms with Gasteiger partial charge in [-0.15, -0.1) is 0 Å². The summed E-state index contributed by atoms with van der Waals surface area (Å²) in [6.07, 6.45) is 4.32. The van der Waals surface area contributed by atoms with Gasteiger partial charge < -0.3 is 0 Å². The van der Waals surface area contributed by atoms with Crippen LogP contribution < -0.4 is 0 Å². The van der Waals surface area contributed by atoms with E-state index in [1.165, 1.54) is 0 Å². The van der Waals surface area contributed by atoms with Crippen LogP contribution >= 0.6 is 23.4 Å². The highest BCUT2D eigenvalue weighted by Gasteiger charge is 2.09. The molecule has 0 fully saturated rings. The number of halogens is 2. The molecule has 82 valence electrons. The zero-order valence-electron chi connectivity index (χ0n) is 8.19. The Bertz CT molecular complexity index is 505. The van der Waals surface area contributed by atoms with E-state index < -0.39 is 5.82 Å². The molecule has 0 aliphatic carbocycles. The lowest BCUT2D eigenvalue weighted by Crippen LogP contribution is -1.93. The summed E-state index contributed by atoms with van der Waals surface area (Å²) in [5.41, 5.74) is 0.936. The maximum atomic E-state index is 13.3. The summed E-state index contributed by atoms with van der Waals surface area (Å²) in [4.78, 5) is 15.3. The summed E-state index contributed by atoms with van der Waals surface area (Å²) in [6, 6.07) is 0. The van der Waals surface area contributed by atoms with Crippen LogP contribution in [0.3, 0.4) is 0 Å². The number of hydrogen-bond acceptors (Lipinski definition) is 5. The second-order valence-electron chi connectivity index (χ2n) is 2.94. The lowest BCUT2D eigenvalue weighted by Gasteiger charge is -2.00. The maximum Gasteiger partial charge on any atom is 0.223 e. The first-order valence-electron chi connectivity index (χ1n) is 4.29. The highest BCUT2D eigenvalue weighted by molar-refractivity contribution is 7.99. The highest BCUT2D eigenvalue weighted by Crippen LogP contribution is 2.25. The second kappa shape index (κ2) is 4.71. The molecule has 0 amide bonds. The average Bonchev–Trinajstić information content (AvgIpc) is 2.27. The van der Waals surface area contributed by atoms with E-state index in [0.717, 1.165) is 23.5 Å². The molecule has 2 aromatic heterocycles. The van der Waals surface area contributed by atoms with Crippen LogP contribution in [0.1, 0.15) is 5.56 Å². The van der Waals surface area contributed by atoms with E-state index in [2.05, 4.69) is 19.9 Å². The van der Waals surface area contributed by atoms with E-state index in [1.54, 1.807) is 12.4 Å². The number of nitrogens with zero attached hydrogens (tertiary/aromatic N) is 4. The molecule has 0 saturated carbocycles. The molecule has 2 aromatic rings. The Morgan fingerprint density at radius 3 is 2.56 bits per heavy atom. The third-order valence-corrected chi connectivity index (χ3v) is 2.68. The molecule has 0 aliphatic rings. The summed E-state index contributed by atoms with van der Waals surface area (Å²) in [5, 5.41) is 0.527. The number of aryl methyl sites for hydroxylation is 1. The van der Waals surface area contributed by atoms with Crippen molar-refractivity contribution in [3.63, 3.8) is 0 Å². The Kier molecular flexibility index (Phi) is 3.31. The fourth-order valence-corrected chi connectivity index (χ4v) is 1.77. The van der Waals surface area contributed by atoms with Crippen molar-refractivity contribution < 1.29 is 4.39 Å². The van der Waals surface area contributed by atoms with Crippen molar-refractivity contribution in [2.45, 2.75) is 17.1 Å². The topological polar surface area (TPSA) is 51.6 Å². The lowest BCUT2D eigenvalue weighted by molar-refractivity contribution is 0.578. The van der Waals surface area contributed by atoms with Crippen molar-refractivity contribution in [3.8, 4) is 0 Å². The van der Waals surface area contributed by atoms with Gasteiger partial charge in [-0.05, 0) is 35.9 Å². The smallest absolute Gasteiger partial charge is 0.223 e. The Labute approximate surface area is 100 Å². The van der Waals surface area contributed by atoms with Crippen LogP contribution in [-0.2, 0) is 0 Å². The Balaban J connectivity index is 2.26. The third-order valence-electron chi connectivity index (χ3n) is 1.63. The van der Waals surface area contributed by atoms with E-state index in [9.17, 15) is 4.39 Å². The molecule has 0 atom stereocenters. The van der Waals surface area contributed by atoms with Crippen LogP contribution in [0.2, 0.25) is 5.28 Å². The van der Waals surface area contributed by atoms with Crippen LogP contribution in [0.25, 0.3) is 0 Å². The van der Waals surface area contributed by atoms with Crippen molar-refractivity contribution >= 4 is 23.4 Å². The van der Waals surface area contributed by atoms with E-state index in [4.69, 9.17) is 11.6 Å². The molecule has 0 radical (unpaired) electrons. The maximum absolute atomic E-state index is 13.3. The Morgan fingerprint density at radius 2 is 1.88 bits per heavy atom. The minimum atomic E-state index is -0.543. The molecule has 0 aliphatic heterocycles. The lowest BCUT2D eigenvalue weighted by atomic mass is 10.4. The quantitative estimate of drug-likeness (QED) is 0.610. The fraction of sp³-hybridized carbons (Fsp3) is 0.111. The van der Waals surface area contributed by atoms with Crippen molar-refractivity contribution in [1.82, 2.24) is 19.9 Å². The van der Waals surface area contributed by atoms with E-state index in [1.807, 2.05) is 6.92 Å². The zero-order valence-corrected chi connectivity index (χ0v) is 9.76. The molecule has 0 unspecified atom stereocenters. The first kappa shape index (κ1) is 11.2. The molecular formula is C9H6ClFN4S. The highest BCUT2D eigenvalue weighted by atomic mass is 35.5. The largest absolute Gasteiger partial charge is 0.231 e. The minimum absolute atomic E-state index is 0.00369. The Hall–Kier alpha value is -1.27. The van der Waals surface area contributed by atoms with E-state index in [-0.39, 0.29) is 10.3 Å². The predicted molar refractivity (Wildman–Crippen MR) is 57.9 cm³/mol. The van der Waals surface area contributed by atoms with Crippen LogP contribution in [0.5, 0.6) is 0 Å². The summed E-state index contributed by atoms with van der Waals surface area (Å²) in [7, 11) is 0. The summed E-state index contributed by atoms with van der Waals surface area (Å²) in [6.45, 7) is 1.87. The number of rotatable bonds is 2. The molecule has 0 N–H and O–H groups in total. The van der Waals surface area contributed by atoms with Crippen molar-refractivity contribution in [2.75, 3.05) is 0 Å². The summed E-state index contributed by atoms with van der Waals surface area (Å²) < 4.78 is 13.3. The van der Waals surface area contributed by atoms with Gasteiger partial charge in [0.2, 0.25) is 5.28 Å². The standard InChI is InChI=1S/C9H6ClFN4S/c1-5-2-13-9(14-3-5)16-7-6(11)4-12-8(10)15-7/h2-4H,1H3. The molecule has 2 heterocycles. The van der Waals surface area contributed by atoms with Gasteiger partial charge in [0.25, 0.3) is 0 Å². The van der Waals surface area contributed by atoms with E-state index in [0.29, 0.717) is 5.16 Å². The van der Waals surface area contributed by atoms with Gasteiger partial charge in [-0.3, -0.25) is 0 Å². The fourth-order valence-electron chi connectivity index (χ4n) is 0.923. The van der Waals surface area contributed by atoms with Crippen LogP contribution in [0, 0.1) is 12.7 Å². The monoisotopic (exact) mass is 256 g/mol. The summed E-state index contributed by atoms with van der Waals surface area (Å²) >= 11 is 6.57. The van der Waals surface area contributed by atoms with Gasteiger partial charge in [-0.25, -0.2) is 24.3 Å². The van der Waals surface area contributed by atoms with Crippen LogP contribution in [0.15, 0.2) is 28.8 Å². The Morgan fingerprint density at radius 1 is 1.19 bits per heavy atom. The van der Waals surface area contributed by atoms with Crippen molar-refractivity contribution in [1.29, 1.82) is 0 Å². The van der Waals surface area contributed by atoms with Gasteiger partial charge in [0.15, 0.2) is 11.0 Å². The third kappa shape index (κ3) is 2.65. The van der Waals surface area contributed by atoms with Gasteiger partial charge >= 0.3 is 0 Å². The minimum Gasteiger partial charge on any atom is -0.231 e. The molecule has 0 bridgehead atoms. The van der Waals surface area contributed by atoms with Gasteiger partial charge in [0.1, 0.15) is 5.03 Å². The molecule has 0 aromatic carbocycles.